The lowest BCUT2D eigenvalue weighted by Crippen LogP contribution is -2.38. The zero-order valence-electron chi connectivity index (χ0n) is 11.4. The summed E-state index contributed by atoms with van der Waals surface area (Å²) in [6.45, 7) is 2.08. The van der Waals surface area contributed by atoms with Gasteiger partial charge in [-0.3, -0.25) is 4.79 Å². The van der Waals surface area contributed by atoms with Gasteiger partial charge in [0.25, 0.3) is 0 Å². The zero-order valence-corrected chi connectivity index (χ0v) is 12.2. The number of nitrogens with two attached hydrogens (primary N) is 1. The summed E-state index contributed by atoms with van der Waals surface area (Å²) < 4.78 is 0. The van der Waals surface area contributed by atoms with Crippen molar-refractivity contribution in [3.63, 3.8) is 0 Å². The lowest BCUT2D eigenvalue weighted by molar-refractivity contribution is -0.122. The minimum atomic E-state index is 0.164. The van der Waals surface area contributed by atoms with Gasteiger partial charge in [0.1, 0.15) is 0 Å². The number of anilines is 1. The summed E-state index contributed by atoms with van der Waals surface area (Å²) in [7, 11) is 0. The van der Waals surface area contributed by atoms with Gasteiger partial charge >= 0.3 is 0 Å². The molecule has 3 N–H and O–H groups in total. The van der Waals surface area contributed by atoms with Gasteiger partial charge in [0, 0.05) is 23.9 Å². The van der Waals surface area contributed by atoms with Crippen molar-refractivity contribution in [3.05, 3.63) is 29.8 Å². The number of nitrogens with one attached hydrogen (secondary N) is 1. The molecule has 1 amide bonds. The predicted octanol–water partition coefficient (Wildman–Crippen LogP) is 2.77. The van der Waals surface area contributed by atoms with Crippen LogP contribution in [0.4, 0.5) is 5.69 Å². The molecule has 0 saturated carbocycles. The third kappa shape index (κ3) is 4.46. The van der Waals surface area contributed by atoms with Crippen molar-refractivity contribution in [1.82, 2.24) is 5.32 Å². The summed E-state index contributed by atoms with van der Waals surface area (Å²) in [6.07, 6.45) is 2.88. The van der Waals surface area contributed by atoms with E-state index in [9.17, 15) is 4.79 Å². The summed E-state index contributed by atoms with van der Waals surface area (Å²) in [5.74, 6) is 2.68. The third-order valence-corrected chi connectivity index (χ3v) is 4.74. The number of carbonyl (C=O) groups excluding carboxylic acids is 1. The van der Waals surface area contributed by atoms with Gasteiger partial charge in [0.2, 0.25) is 5.91 Å². The number of thioether (sulfide) groups is 1. The number of amides is 1. The van der Waals surface area contributed by atoms with Crippen LogP contribution in [-0.2, 0) is 4.79 Å². The fraction of sp³-hybridized carbons (Fsp3) is 0.533. The van der Waals surface area contributed by atoms with E-state index in [1.54, 1.807) is 0 Å². The van der Waals surface area contributed by atoms with Crippen LogP contribution in [0.25, 0.3) is 0 Å². The highest BCUT2D eigenvalue weighted by Gasteiger charge is 2.17. The standard InChI is InChI=1S/C15H22N2OS/c1-11(12-4-6-13(16)7-5-12)9-15(18)17-14-3-2-8-19-10-14/h4-7,11,14H,2-3,8-10,16H2,1H3,(H,17,18). The number of hydrogen-bond acceptors (Lipinski definition) is 3. The van der Waals surface area contributed by atoms with Crippen LogP contribution in [0.5, 0.6) is 0 Å². The maximum Gasteiger partial charge on any atom is 0.220 e. The molecule has 1 aliphatic heterocycles. The highest BCUT2D eigenvalue weighted by molar-refractivity contribution is 7.99. The Morgan fingerprint density at radius 2 is 2.21 bits per heavy atom. The zero-order chi connectivity index (χ0) is 13.7. The third-order valence-electron chi connectivity index (χ3n) is 3.52. The Hall–Kier alpha value is -1.16. The molecule has 0 spiro atoms. The smallest absolute Gasteiger partial charge is 0.220 e. The van der Waals surface area contributed by atoms with Crippen LogP contribution in [0.2, 0.25) is 0 Å². The average Bonchev–Trinajstić information content (AvgIpc) is 2.40. The Morgan fingerprint density at radius 1 is 1.47 bits per heavy atom. The first-order chi connectivity index (χ1) is 9.15. The fourth-order valence-corrected chi connectivity index (χ4v) is 3.43. The summed E-state index contributed by atoms with van der Waals surface area (Å²) in [4.78, 5) is 12.0. The lowest BCUT2D eigenvalue weighted by atomic mass is 9.97. The number of nitrogen functional groups attached to an aromatic ring is 1. The first-order valence-electron chi connectivity index (χ1n) is 6.87. The van der Waals surface area contributed by atoms with E-state index in [1.165, 1.54) is 17.7 Å². The van der Waals surface area contributed by atoms with Gasteiger partial charge in [-0.15, -0.1) is 0 Å². The van der Waals surface area contributed by atoms with Gasteiger partial charge in [0.05, 0.1) is 0 Å². The Bertz CT molecular complexity index is 413. The molecule has 104 valence electrons. The second-order valence-corrected chi connectivity index (χ2v) is 6.40. The summed E-state index contributed by atoms with van der Waals surface area (Å²) >= 11 is 1.93. The normalized spacial score (nSPS) is 20.8. The van der Waals surface area contributed by atoms with E-state index < -0.39 is 0 Å². The Balaban J connectivity index is 1.82. The predicted molar refractivity (Wildman–Crippen MR) is 82.4 cm³/mol. The molecule has 2 unspecified atom stereocenters. The van der Waals surface area contributed by atoms with Crippen molar-refractivity contribution in [1.29, 1.82) is 0 Å². The molecule has 4 heteroatoms. The number of rotatable bonds is 4. The number of benzene rings is 1. The lowest BCUT2D eigenvalue weighted by Gasteiger charge is -2.23. The van der Waals surface area contributed by atoms with Crippen molar-refractivity contribution in [3.8, 4) is 0 Å². The Labute approximate surface area is 119 Å². The molecule has 2 atom stereocenters. The first kappa shape index (κ1) is 14.3. The molecule has 0 radical (unpaired) electrons. The SMILES string of the molecule is CC(CC(=O)NC1CCCSC1)c1ccc(N)cc1. The second-order valence-electron chi connectivity index (χ2n) is 5.25. The molecule has 1 aliphatic rings. The summed E-state index contributed by atoms with van der Waals surface area (Å²) in [5, 5.41) is 3.15. The molecule has 1 aromatic rings. The Morgan fingerprint density at radius 3 is 2.84 bits per heavy atom. The van der Waals surface area contributed by atoms with E-state index in [-0.39, 0.29) is 11.8 Å². The topological polar surface area (TPSA) is 55.1 Å². The Kier molecular flexibility index (Phi) is 5.14. The maximum atomic E-state index is 12.0. The van der Waals surface area contributed by atoms with Crippen molar-refractivity contribution in [2.24, 2.45) is 0 Å². The molecule has 2 rings (SSSR count). The average molecular weight is 278 g/mol. The largest absolute Gasteiger partial charge is 0.399 e. The van der Waals surface area contributed by atoms with Crippen LogP contribution in [0, 0.1) is 0 Å². The maximum absolute atomic E-state index is 12.0. The van der Waals surface area contributed by atoms with E-state index >= 15 is 0 Å². The van der Waals surface area contributed by atoms with Crippen LogP contribution >= 0.6 is 11.8 Å². The van der Waals surface area contributed by atoms with E-state index in [0.717, 1.165) is 17.9 Å². The van der Waals surface area contributed by atoms with Crippen LogP contribution in [0.3, 0.4) is 0 Å². The van der Waals surface area contributed by atoms with Crippen molar-refractivity contribution in [2.75, 3.05) is 17.2 Å². The molecule has 1 heterocycles. The number of carbonyl (C=O) groups is 1. The molecular weight excluding hydrogens is 256 g/mol. The highest BCUT2D eigenvalue weighted by atomic mass is 32.2. The summed E-state index contributed by atoms with van der Waals surface area (Å²) in [6, 6.07) is 8.15. The van der Waals surface area contributed by atoms with Gasteiger partial charge in [0.15, 0.2) is 0 Å². The number of hydrogen-bond donors (Lipinski definition) is 2. The first-order valence-corrected chi connectivity index (χ1v) is 8.03. The van der Waals surface area contributed by atoms with Crippen LogP contribution in [0.15, 0.2) is 24.3 Å². The van der Waals surface area contributed by atoms with Gasteiger partial charge in [-0.2, -0.15) is 11.8 Å². The summed E-state index contributed by atoms with van der Waals surface area (Å²) in [5.41, 5.74) is 7.60. The molecule has 1 saturated heterocycles. The van der Waals surface area contributed by atoms with Gasteiger partial charge in [-0.05, 0) is 42.2 Å². The molecule has 1 aromatic carbocycles. The van der Waals surface area contributed by atoms with Crippen LogP contribution in [-0.4, -0.2) is 23.5 Å². The van der Waals surface area contributed by atoms with E-state index in [2.05, 4.69) is 12.2 Å². The molecule has 3 nitrogen and oxygen atoms in total. The highest BCUT2D eigenvalue weighted by Crippen LogP contribution is 2.21. The van der Waals surface area contributed by atoms with Crippen molar-refractivity contribution in [2.45, 2.75) is 38.1 Å². The second kappa shape index (κ2) is 6.85. The molecular formula is C15H22N2OS. The molecule has 0 aliphatic carbocycles. The fourth-order valence-electron chi connectivity index (χ4n) is 2.36. The molecule has 1 fully saturated rings. The molecule has 19 heavy (non-hydrogen) atoms. The van der Waals surface area contributed by atoms with Crippen LogP contribution in [0.1, 0.15) is 37.7 Å². The molecule has 0 aromatic heterocycles. The van der Waals surface area contributed by atoms with E-state index in [4.69, 9.17) is 5.73 Å². The van der Waals surface area contributed by atoms with Crippen LogP contribution < -0.4 is 11.1 Å². The van der Waals surface area contributed by atoms with Crippen molar-refractivity contribution < 1.29 is 4.79 Å². The van der Waals surface area contributed by atoms with Gasteiger partial charge in [-0.1, -0.05) is 19.1 Å². The quantitative estimate of drug-likeness (QED) is 0.833. The van der Waals surface area contributed by atoms with Crippen molar-refractivity contribution >= 4 is 23.4 Å². The van der Waals surface area contributed by atoms with Gasteiger partial charge in [-0.25, -0.2) is 0 Å². The monoisotopic (exact) mass is 278 g/mol. The minimum absolute atomic E-state index is 0.164. The minimum Gasteiger partial charge on any atom is -0.399 e. The van der Waals surface area contributed by atoms with E-state index in [0.29, 0.717) is 12.5 Å². The molecule has 0 bridgehead atoms. The van der Waals surface area contributed by atoms with E-state index in [1.807, 2.05) is 36.0 Å². The van der Waals surface area contributed by atoms with Gasteiger partial charge < -0.3 is 11.1 Å².